The van der Waals surface area contributed by atoms with Crippen LogP contribution in [0.4, 0.5) is 0 Å². The molecule has 3 heterocycles. The Bertz CT molecular complexity index is 847. The number of aromatic nitrogens is 2. The molecule has 1 saturated heterocycles. The van der Waals surface area contributed by atoms with E-state index in [4.69, 9.17) is 14.0 Å². The van der Waals surface area contributed by atoms with E-state index in [1.54, 1.807) is 4.90 Å². The van der Waals surface area contributed by atoms with Crippen LogP contribution in [0.2, 0.25) is 0 Å². The zero-order valence-electron chi connectivity index (χ0n) is 20.5. The Hall–Kier alpha value is -2.40. The van der Waals surface area contributed by atoms with Gasteiger partial charge in [-0.1, -0.05) is 18.6 Å². The van der Waals surface area contributed by atoms with Crippen LogP contribution in [0.1, 0.15) is 49.9 Å². The number of carbonyl (C=O) groups excluding carboxylic acids is 1. The molecule has 2 aromatic rings. The molecule has 12 heteroatoms. The fourth-order valence-electron chi connectivity index (χ4n) is 4.00. The maximum absolute atomic E-state index is 12.4. The van der Waals surface area contributed by atoms with Crippen LogP contribution in [0.25, 0.3) is 0 Å². The SMILES string of the molecule is O=C(CCCCCN(Cc1ccccn1)Cc1ccccn1)N1CCCC1B(O)O.[C-]#[O+].[C-]#[O+].[C-]#[O+].[Re]. The number of rotatable bonds is 11. The molecular formula is C25H31BN4O6Re. The van der Waals surface area contributed by atoms with Gasteiger partial charge >= 0.3 is 41.0 Å². The van der Waals surface area contributed by atoms with Crippen LogP contribution in [0.15, 0.2) is 48.8 Å². The third kappa shape index (κ3) is 14.8. The monoisotopic (exact) mass is 681 g/mol. The average molecular weight is 681 g/mol. The Balaban J connectivity index is 0. The minimum atomic E-state index is -1.44. The number of carbonyl (C=O) groups is 1. The molecule has 1 aliphatic rings. The van der Waals surface area contributed by atoms with Crippen LogP contribution >= 0.6 is 0 Å². The molecule has 1 atom stereocenters. The van der Waals surface area contributed by atoms with Crippen molar-refractivity contribution in [3.63, 3.8) is 0 Å². The molecule has 1 aliphatic heterocycles. The van der Waals surface area contributed by atoms with Crippen LogP contribution in [0.3, 0.4) is 0 Å². The van der Waals surface area contributed by atoms with E-state index in [9.17, 15) is 14.8 Å². The molecule has 1 radical (unpaired) electrons. The summed E-state index contributed by atoms with van der Waals surface area (Å²) in [5, 5.41) is 18.9. The third-order valence-corrected chi connectivity index (χ3v) is 5.55. The standard InChI is InChI=1S/C22H31BN4O3.3CO.Re/c28-22(27-16-8-11-21(27)23(29)30)12-2-1-7-15-26(17-19-9-3-5-13-24-19)18-20-10-4-6-14-25-20;3*1-2;/h3-6,9-10,13-14,21,29-30H,1-2,7-8,11-12,15-18H2;;;;. The zero-order valence-corrected chi connectivity index (χ0v) is 23.3. The molecule has 2 aromatic heterocycles. The van der Waals surface area contributed by atoms with E-state index in [0.717, 1.165) is 56.7 Å². The molecule has 2 N–H and O–H groups in total. The first kappa shape index (κ1) is 36.8. The van der Waals surface area contributed by atoms with Gasteiger partial charge in [-0.3, -0.25) is 19.7 Å². The normalized spacial score (nSPS) is 13.3. The van der Waals surface area contributed by atoms with Crippen LogP contribution in [0, 0.1) is 20.0 Å². The first-order chi connectivity index (χ1) is 17.6. The number of hydrogen-bond acceptors (Lipinski definition) is 6. The summed E-state index contributed by atoms with van der Waals surface area (Å²) in [5.41, 5.74) is 2.07. The Kier molecular flexibility index (Phi) is 23.8. The fraction of sp³-hybridized carbons (Fsp3) is 0.440. The van der Waals surface area contributed by atoms with E-state index in [1.165, 1.54) is 0 Å². The summed E-state index contributed by atoms with van der Waals surface area (Å²) in [5.74, 6) is -0.408. The van der Waals surface area contributed by atoms with E-state index in [1.807, 2.05) is 48.8 Å². The molecule has 197 valence electrons. The second-order valence-corrected chi connectivity index (χ2v) is 7.87. The summed E-state index contributed by atoms with van der Waals surface area (Å²) in [6.07, 6.45) is 8.34. The average Bonchev–Trinajstić information content (AvgIpc) is 3.44. The molecule has 3 rings (SSSR count). The maximum atomic E-state index is 12.4. The maximum Gasteiger partial charge on any atom is 0 e. The summed E-state index contributed by atoms with van der Waals surface area (Å²) in [7, 11) is -1.44. The zero-order chi connectivity index (χ0) is 27.2. The van der Waals surface area contributed by atoms with Crippen molar-refractivity contribution in [2.45, 2.75) is 57.6 Å². The number of hydrogen-bond donors (Lipinski definition) is 2. The number of likely N-dealkylation sites (tertiary alicyclic amines) is 1. The Labute approximate surface area is 232 Å². The second-order valence-electron chi connectivity index (χ2n) is 7.87. The van der Waals surface area contributed by atoms with Gasteiger partial charge in [0.2, 0.25) is 5.91 Å². The molecule has 1 unspecified atom stereocenters. The van der Waals surface area contributed by atoms with Gasteiger partial charge in [-0.2, -0.15) is 0 Å². The van der Waals surface area contributed by atoms with E-state index < -0.39 is 13.1 Å². The van der Waals surface area contributed by atoms with Crippen molar-refractivity contribution in [1.82, 2.24) is 19.8 Å². The van der Waals surface area contributed by atoms with Crippen molar-refractivity contribution in [2.24, 2.45) is 0 Å². The second kappa shape index (κ2) is 24.0. The molecule has 0 aromatic carbocycles. The molecule has 37 heavy (non-hydrogen) atoms. The summed E-state index contributed by atoms with van der Waals surface area (Å²) in [4.78, 5) is 25.3. The topological polar surface area (TPSA) is 149 Å². The third-order valence-electron chi connectivity index (χ3n) is 5.55. The minimum Gasteiger partial charge on any atom is 0 e. The molecule has 0 spiro atoms. The number of nitrogens with zero attached hydrogens (tertiary/aromatic N) is 4. The largest absolute Gasteiger partial charge is 0 e. The van der Waals surface area contributed by atoms with Crippen molar-refractivity contribution >= 4 is 13.0 Å². The van der Waals surface area contributed by atoms with Crippen molar-refractivity contribution < 1.29 is 49.2 Å². The number of amides is 1. The quantitative estimate of drug-likeness (QED) is 0.160. The predicted octanol–water partition coefficient (Wildman–Crippen LogP) is 1.93. The number of unbranched alkanes of at least 4 members (excludes halogenated alkanes) is 2. The molecule has 10 nitrogen and oxygen atoms in total. The Morgan fingerprint density at radius 2 is 1.49 bits per heavy atom. The summed E-state index contributed by atoms with van der Waals surface area (Å²) >= 11 is 0. The van der Waals surface area contributed by atoms with Crippen molar-refractivity contribution in [3.05, 3.63) is 80.1 Å². The van der Waals surface area contributed by atoms with Gasteiger partial charge in [0.15, 0.2) is 0 Å². The molecule has 1 fully saturated rings. The van der Waals surface area contributed by atoms with Crippen LogP contribution in [-0.4, -0.2) is 61.9 Å². The van der Waals surface area contributed by atoms with Crippen LogP contribution in [0.5, 0.6) is 0 Å². The summed E-state index contributed by atoms with van der Waals surface area (Å²) in [6, 6.07) is 11.9. The number of pyridine rings is 2. The van der Waals surface area contributed by atoms with E-state index in [0.29, 0.717) is 19.4 Å². The minimum absolute atomic E-state index is 0. The van der Waals surface area contributed by atoms with E-state index in [2.05, 4.69) is 34.8 Å². The van der Waals surface area contributed by atoms with Gasteiger partial charge in [0.25, 0.3) is 0 Å². The van der Waals surface area contributed by atoms with Crippen molar-refractivity contribution in [1.29, 1.82) is 0 Å². The molecule has 0 aliphatic carbocycles. The fourth-order valence-corrected chi connectivity index (χ4v) is 4.00. The van der Waals surface area contributed by atoms with Gasteiger partial charge in [0, 0.05) is 58.9 Å². The Morgan fingerprint density at radius 1 is 0.946 bits per heavy atom. The van der Waals surface area contributed by atoms with Gasteiger partial charge < -0.3 is 14.9 Å². The molecule has 0 bridgehead atoms. The smallest absolute Gasteiger partial charge is 0 e. The van der Waals surface area contributed by atoms with Gasteiger partial charge in [-0.05, 0) is 56.5 Å². The predicted molar refractivity (Wildman–Crippen MR) is 128 cm³/mol. The molecular weight excluding hydrogens is 649 g/mol. The van der Waals surface area contributed by atoms with Gasteiger partial charge in [0.1, 0.15) is 0 Å². The van der Waals surface area contributed by atoms with Crippen molar-refractivity contribution in [2.75, 3.05) is 13.1 Å². The van der Waals surface area contributed by atoms with Crippen LogP contribution in [-0.2, 0) is 52.3 Å². The summed E-state index contributed by atoms with van der Waals surface area (Å²) < 4.78 is 22.5. The molecule has 0 saturated carbocycles. The van der Waals surface area contributed by atoms with E-state index in [-0.39, 0.29) is 26.3 Å². The van der Waals surface area contributed by atoms with Gasteiger partial charge in [-0.15, -0.1) is 0 Å². The Morgan fingerprint density at radius 3 is 1.95 bits per heavy atom. The first-order valence-corrected chi connectivity index (χ1v) is 11.4. The van der Waals surface area contributed by atoms with Crippen LogP contribution < -0.4 is 0 Å². The van der Waals surface area contributed by atoms with Gasteiger partial charge in [-0.25, -0.2) is 0 Å². The van der Waals surface area contributed by atoms with E-state index >= 15 is 0 Å². The molecule has 1 amide bonds. The first-order valence-electron chi connectivity index (χ1n) is 11.4. The van der Waals surface area contributed by atoms with Gasteiger partial charge in [0.05, 0.1) is 17.3 Å². The van der Waals surface area contributed by atoms with Crippen molar-refractivity contribution in [3.8, 4) is 0 Å². The summed E-state index contributed by atoms with van der Waals surface area (Å²) in [6.45, 7) is 16.6.